The Morgan fingerprint density at radius 2 is 1.23 bits per heavy atom. The number of hydrogen-bond donors (Lipinski definition) is 0. The fraction of sp³-hybridized carbons (Fsp3) is 0.0476. The summed E-state index contributed by atoms with van der Waals surface area (Å²) < 4.78 is 2.70. The van der Waals surface area contributed by atoms with Gasteiger partial charge >= 0.3 is 0 Å². The van der Waals surface area contributed by atoms with E-state index < -0.39 is 0 Å². The molecule has 1 aliphatic rings. The average Bonchev–Trinajstić information content (AvgIpc) is 3.50. The molecule has 0 saturated carbocycles. The van der Waals surface area contributed by atoms with Gasteiger partial charge in [0, 0.05) is 26.8 Å². The minimum atomic E-state index is 1.09. The molecule has 0 spiro atoms. The molecule has 1 heterocycles. The van der Waals surface area contributed by atoms with Crippen molar-refractivity contribution in [3.8, 4) is 11.1 Å². The summed E-state index contributed by atoms with van der Waals surface area (Å²) in [6.45, 7) is 0. The number of thiophene rings is 1. The van der Waals surface area contributed by atoms with Crippen LogP contribution in [0.5, 0.6) is 0 Å². The van der Waals surface area contributed by atoms with Crippen LogP contribution in [0.25, 0.3) is 58.9 Å². The van der Waals surface area contributed by atoms with E-state index >= 15 is 0 Å². The summed E-state index contributed by atoms with van der Waals surface area (Å²) in [7, 11) is 0. The Bertz CT molecular complexity index is 2380. The van der Waals surface area contributed by atoms with E-state index in [0.29, 0.717) is 0 Å². The van der Waals surface area contributed by atoms with Crippen molar-refractivity contribution in [1.82, 2.24) is 0 Å². The van der Waals surface area contributed by atoms with Gasteiger partial charge < -0.3 is 4.90 Å². The lowest BCUT2D eigenvalue weighted by atomic mass is 9.88. The average molecular weight is 580 g/mol. The summed E-state index contributed by atoms with van der Waals surface area (Å²) in [5, 5.41) is 7.99. The van der Waals surface area contributed by atoms with Gasteiger partial charge in [0.2, 0.25) is 0 Å². The van der Waals surface area contributed by atoms with Gasteiger partial charge in [-0.2, -0.15) is 0 Å². The highest BCUT2D eigenvalue weighted by Gasteiger charge is 2.22. The predicted octanol–water partition coefficient (Wildman–Crippen LogP) is 12.5. The number of aryl methyl sites for hydroxylation is 1. The number of fused-ring (bicyclic) bond motifs is 9. The van der Waals surface area contributed by atoms with Crippen molar-refractivity contribution in [2.45, 2.75) is 12.8 Å². The first-order chi connectivity index (χ1) is 21.8. The number of anilines is 3. The van der Waals surface area contributed by atoms with Crippen molar-refractivity contribution < 1.29 is 0 Å². The fourth-order valence-corrected chi connectivity index (χ4v) is 8.39. The highest BCUT2D eigenvalue weighted by Crippen LogP contribution is 2.49. The molecule has 208 valence electrons. The largest absolute Gasteiger partial charge is 0.309 e. The van der Waals surface area contributed by atoms with Crippen LogP contribution in [0.2, 0.25) is 0 Å². The molecule has 9 rings (SSSR count). The number of rotatable bonds is 4. The SMILES string of the molecule is C1=Cc2c(c3ccccc3c3sc4c(N(c5ccc(-c6ccccc6)cc5)c5ccc6ccccc6c5)cccc4c23)CC1. The van der Waals surface area contributed by atoms with E-state index in [1.807, 2.05) is 11.3 Å². The monoisotopic (exact) mass is 579 g/mol. The van der Waals surface area contributed by atoms with Crippen molar-refractivity contribution in [2.24, 2.45) is 0 Å². The molecule has 0 bridgehead atoms. The third-order valence-electron chi connectivity index (χ3n) is 9.10. The highest BCUT2D eigenvalue weighted by atomic mass is 32.1. The molecule has 0 N–H and O–H groups in total. The van der Waals surface area contributed by atoms with Crippen molar-refractivity contribution in [1.29, 1.82) is 0 Å². The van der Waals surface area contributed by atoms with Gasteiger partial charge in [0.1, 0.15) is 0 Å². The maximum absolute atomic E-state index is 2.45. The molecule has 44 heavy (non-hydrogen) atoms. The minimum Gasteiger partial charge on any atom is -0.309 e. The zero-order chi connectivity index (χ0) is 29.0. The van der Waals surface area contributed by atoms with Crippen molar-refractivity contribution in [3.05, 3.63) is 157 Å². The zero-order valence-electron chi connectivity index (χ0n) is 24.2. The van der Waals surface area contributed by atoms with Crippen molar-refractivity contribution in [3.63, 3.8) is 0 Å². The van der Waals surface area contributed by atoms with Crippen molar-refractivity contribution >= 4 is 76.2 Å². The quantitative estimate of drug-likeness (QED) is 0.200. The number of allylic oxidation sites excluding steroid dienone is 1. The van der Waals surface area contributed by atoms with Gasteiger partial charge in [0.15, 0.2) is 0 Å². The van der Waals surface area contributed by atoms with Gasteiger partial charge in [-0.1, -0.05) is 121 Å². The maximum Gasteiger partial charge on any atom is 0.0640 e. The van der Waals surface area contributed by atoms with Crippen LogP contribution in [0.1, 0.15) is 17.5 Å². The lowest BCUT2D eigenvalue weighted by molar-refractivity contribution is 1.00. The Hall–Kier alpha value is -5.18. The second-order valence-electron chi connectivity index (χ2n) is 11.6. The highest BCUT2D eigenvalue weighted by molar-refractivity contribution is 7.27. The van der Waals surface area contributed by atoms with E-state index in [2.05, 4.69) is 157 Å². The van der Waals surface area contributed by atoms with Crippen LogP contribution in [-0.4, -0.2) is 0 Å². The lowest BCUT2D eigenvalue weighted by Gasteiger charge is -2.26. The predicted molar refractivity (Wildman–Crippen MR) is 192 cm³/mol. The zero-order valence-corrected chi connectivity index (χ0v) is 25.0. The van der Waals surface area contributed by atoms with Crippen molar-refractivity contribution in [2.75, 3.05) is 4.90 Å². The Balaban J connectivity index is 1.32. The first-order valence-corrected chi connectivity index (χ1v) is 16.1. The Morgan fingerprint density at radius 1 is 0.523 bits per heavy atom. The molecule has 0 unspecified atom stereocenters. The minimum absolute atomic E-state index is 1.09. The molecular formula is C42H29NS. The van der Waals surface area contributed by atoms with Gasteiger partial charge in [-0.05, 0) is 87.0 Å². The number of hydrogen-bond acceptors (Lipinski definition) is 2. The van der Waals surface area contributed by atoms with E-state index in [1.165, 1.54) is 69.7 Å². The summed E-state index contributed by atoms with van der Waals surface area (Å²) in [4.78, 5) is 2.45. The Kier molecular flexibility index (Phi) is 5.89. The maximum atomic E-state index is 2.45. The molecule has 0 saturated heterocycles. The van der Waals surface area contributed by atoms with Crippen LogP contribution >= 0.6 is 11.3 Å². The molecule has 0 amide bonds. The van der Waals surface area contributed by atoms with E-state index in [-0.39, 0.29) is 0 Å². The third kappa shape index (κ3) is 3.99. The molecule has 2 heteroatoms. The summed E-state index contributed by atoms with van der Waals surface area (Å²) in [6.07, 6.45) is 6.91. The molecule has 1 aliphatic carbocycles. The Labute approximate surface area is 260 Å². The summed E-state index contributed by atoms with van der Waals surface area (Å²) in [6, 6.07) is 51.0. The third-order valence-corrected chi connectivity index (χ3v) is 10.4. The van der Waals surface area contributed by atoms with Gasteiger partial charge in [-0.25, -0.2) is 0 Å². The fourth-order valence-electron chi connectivity index (χ4n) is 7.04. The molecule has 1 nitrogen and oxygen atoms in total. The van der Waals surface area contributed by atoms with Crippen LogP contribution in [0.15, 0.2) is 146 Å². The standard InChI is InChI=1S/C42H29NS/c1-2-11-28(12-3-1)30-21-24-32(25-22-30)43(33-26-23-29-13-4-5-14-31(29)27-33)39-20-10-19-38-40-36-17-8-6-15-34(36)35-16-7-9-18-37(35)42(40)44-41(38)39/h1-5,7-14,16-27H,6,15H2. The number of benzene rings is 7. The topological polar surface area (TPSA) is 3.24 Å². The first kappa shape index (κ1) is 25.3. The molecule has 0 aliphatic heterocycles. The van der Waals surface area contributed by atoms with Crippen LogP contribution in [0.3, 0.4) is 0 Å². The van der Waals surface area contributed by atoms with Gasteiger partial charge in [-0.3, -0.25) is 0 Å². The van der Waals surface area contributed by atoms with Gasteiger partial charge in [0.25, 0.3) is 0 Å². The molecule has 0 atom stereocenters. The molecule has 1 aromatic heterocycles. The smallest absolute Gasteiger partial charge is 0.0640 e. The Morgan fingerprint density at radius 3 is 2.09 bits per heavy atom. The molecule has 8 aromatic rings. The second-order valence-corrected chi connectivity index (χ2v) is 12.6. The summed E-state index contributed by atoms with van der Waals surface area (Å²) in [5.41, 5.74) is 8.86. The van der Waals surface area contributed by atoms with E-state index in [4.69, 9.17) is 0 Å². The molecule has 0 radical (unpaired) electrons. The normalized spacial score (nSPS) is 12.7. The molecule has 7 aromatic carbocycles. The second kappa shape index (κ2) is 10.2. The van der Waals surface area contributed by atoms with Crippen LogP contribution in [-0.2, 0) is 6.42 Å². The first-order valence-electron chi connectivity index (χ1n) is 15.3. The van der Waals surface area contributed by atoms with Crippen LogP contribution in [0.4, 0.5) is 17.1 Å². The van der Waals surface area contributed by atoms with E-state index in [0.717, 1.165) is 24.2 Å². The van der Waals surface area contributed by atoms with Crippen LogP contribution in [0, 0.1) is 0 Å². The molecular weight excluding hydrogens is 551 g/mol. The summed E-state index contributed by atoms with van der Waals surface area (Å²) >= 11 is 1.94. The van der Waals surface area contributed by atoms with Crippen LogP contribution < -0.4 is 4.90 Å². The number of nitrogens with zero attached hydrogens (tertiary/aromatic N) is 1. The molecule has 0 fully saturated rings. The van der Waals surface area contributed by atoms with Gasteiger partial charge in [0.05, 0.1) is 10.4 Å². The van der Waals surface area contributed by atoms with E-state index in [9.17, 15) is 0 Å². The summed E-state index contributed by atoms with van der Waals surface area (Å²) in [5.74, 6) is 0. The van der Waals surface area contributed by atoms with E-state index in [1.54, 1.807) is 0 Å². The lowest BCUT2D eigenvalue weighted by Crippen LogP contribution is -2.10. The van der Waals surface area contributed by atoms with Gasteiger partial charge in [-0.15, -0.1) is 11.3 Å².